The molecule has 3 heteroatoms. The molecule has 0 saturated heterocycles. The van der Waals surface area contributed by atoms with Gasteiger partial charge in [0.05, 0.1) is 5.69 Å². The van der Waals surface area contributed by atoms with Crippen molar-refractivity contribution in [1.82, 2.24) is 9.78 Å². The molecule has 0 atom stereocenters. The molecule has 3 nitrogen and oxygen atoms in total. The van der Waals surface area contributed by atoms with E-state index >= 15 is 0 Å². The number of hydrogen-bond donors (Lipinski definition) is 1. The zero-order valence-electron chi connectivity index (χ0n) is 13.8. The highest BCUT2D eigenvalue weighted by Crippen LogP contribution is 2.24. The van der Waals surface area contributed by atoms with E-state index in [1.165, 1.54) is 0 Å². The van der Waals surface area contributed by atoms with Gasteiger partial charge in [-0.3, -0.25) is 9.89 Å². The van der Waals surface area contributed by atoms with E-state index in [1.54, 1.807) is 4.68 Å². The number of unbranched alkanes of at least 4 members (excludes halogenated alkanes) is 1. The fourth-order valence-corrected chi connectivity index (χ4v) is 2.63. The molecule has 114 valence electrons. The largest absolute Gasteiger partial charge is 0.294 e. The second-order valence-electron chi connectivity index (χ2n) is 6.80. The van der Waals surface area contributed by atoms with Crippen LogP contribution in [0.5, 0.6) is 0 Å². The summed E-state index contributed by atoms with van der Waals surface area (Å²) in [6.07, 6.45) is 2.99. The lowest BCUT2D eigenvalue weighted by atomic mass is 9.88. The first-order valence-corrected chi connectivity index (χ1v) is 7.76. The number of hydrogen-bond acceptors (Lipinski definition) is 1. The quantitative estimate of drug-likeness (QED) is 0.902. The Labute approximate surface area is 127 Å². The number of aryl methyl sites for hydroxylation is 1. The zero-order valence-corrected chi connectivity index (χ0v) is 13.8. The maximum atomic E-state index is 12.8. The van der Waals surface area contributed by atoms with Crippen molar-refractivity contribution in [2.45, 2.75) is 59.3 Å². The molecule has 1 aromatic carbocycles. The highest BCUT2D eigenvalue weighted by atomic mass is 16.1. The van der Waals surface area contributed by atoms with Crippen LogP contribution in [-0.4, -0.2) is 9.78 Å². The summed E-state index contributed by atoms with van der Waals surface area (Å²) in [5.41, 5.74) is 4.10. The van der Waals surface area contributed by atoms with Gasteiger partial charge < -0.3 is 0 Å². The first-order valence-electron chi connectivity index (χ1n) is 7.76. The number of nitrogens with one attached hydrogen (secondary N) is 1. The molecule has 0 unspecified atom stereocenters. The van der Waals surface area contributed by atoms with Crippen molar-refractivity contribution in [1.29, 1.82) is 0 Å². The summed E-state index contributed by atoms with van der Waals surface area (Å²) in [5, 5.41) is 3.35. The van der Waals surface area contributed by atoms with Crippen LogP contribution < -0.4 is 5.56 Å². The first-order chi connectivity index (χ1) is 9.84. The predicted molar refractivity (Wildman–Crippen MR) is 88.4 cm³/mol. The van der Waals surface area contributed by atoms with Gasteiger partial charge in [-0.05, 0) is 37.5 Å². The number of aromatic nitrogens is 2. The van der Waals surface area contributed by atoms with Crippen molar-refractivity contribution in [2.75, 3.05) is 0 Å². The third kappa shape index (κ3) is 3.29. The van der Waals surface area contributed by atoms with Crippen molar-refractivity contribution in [3.63, 3.8) is 0 Å². The van der Waals surface area contributed by atoms with Gasteiger partial charge in [-0.1, -0.05) is 46.2 Å². The lowest BCUT2D eigenvalue weighted by Gasteiger charge is -2.18. The summed E-state index contributed by atoms with van der Waals surface area (Å²) >= 11 is 0. The fourth-order valence-electron chi connectivity index (χ4n) is 2.63. The van der Waals surface area contributed by atoms with Crippen LogP contribution in [0.1, 0.15) is 57.4 Å². The zero-order chi connectivity index (χ0) is 15.6. The molecule has 2 aromatic rings. The van der Waals surface area contributed by atoms with E-state index in [0.717, 1.165) is 41.8 Å². The molecule has 1 heterocycles. The van der Waals surface area contributed by atoms with Gasteiger partial charge in [0.15, 0.2) is 0 Å². The minimum absolute atomic E-state index is 0.0582. The normalized spacial score (nSPS) is 11.9. The molecular formula is C18H26N2O. The average Bonchev–Trinajstić information content (AvgIpc) is 2.73. The minimum atomic E-state index is -0.0582. The van der Waals surface area contributed by atoms with Crippen LogP contribution in [0, 0.1) is 6.92 Å². The molecule has 0 aliphatic carbocycles. The number of benzene rings is 1. The van der Waals surface area contributed by atoms with Gasteiger partial charge in [-0.15, -0.1) is 0 Å². The molecule has 0 saturated carbocycles. The van der Waals surface area contributed by atoms with E-state index in [4.69, 9.17) is 0 Å². The van der Waals surface area contributed by atoms with E-state index in [9.17, 15) is 4.79 Å². The van der Waals surface area contributed by atoms with Gasteiger partial charge in [-0.25, -0.2) is 4.68 Å². The lowest BCUT2D eigenvalue weighted by Crippen LogP contribution is -2.18. The van der Waals surface area contributed by atoms with Gasteiger partial charge in [0.1, 0.15) is 0 Å². The minimum Gasteiger partial charge on any atom is -0.294 e. The van der Waals surface area contributed by atoms with Crippen LogP contribution in [0.2, 0.25) is 0 Å². The molecule has 0 bridgehead atoms. The summed E-state index contributed by atoms with van der Waals surface area (Å²) in [7, 11) is 0. The van der Waals surface area contributed by atoms with E-state index in [0.29, 0.717) is 0 Å². The Hall–Kier alpha value is -1.77. The maximum Gasteiger partial charge on any atom is 0.274 e. The van der Waals surface area contributed by atoms with Crippen molar-refractivity contribution in [2.24, 2.45) is 0 Å². The van der Waals surface area contributed by atoms with Crippen LogP contribution >= 0.6 is 0 Å². The van der Waals surface area contributed by atoms with Crippen molar-refractivity contribution >= 4 is 0 Å². The van der Waals surface area contributed by atoms with Crippen LogP contribution in [0.25, 0.3) is 5.69 Å². The molecular weight excluding hydrogens is 260 g/mol. The summed E-state index contributed by atoms with van der Waals surface area (Å²) in [4.78, 5) is 12.8. The number of nitrogens with zero attached hydrogens (tertiary/aromatic N) is 1. The molecule has 1 aromatic heterocycles. The van der Waals surface area contributed by atoms with Gasteiger partial charge >= 0.3 is 0 Å². The molecule has 0 fully saturated rings. The highest BCUT2D eigenvalue weighted by Gasteiger charge is 2.24. The second kappa shape index (κ2) is 5.92. The number of H-pyrrole nitrogens is 1. The Morgan fingerprint density at radius 3 is 2.52 bits per heavy atom. The van der Waals surface area contributed by atoms with Crippen LogP contribution in [0.4, 0.5) is 0 Å². The third-order valence-corrected chi connectivity index (χ3v) is 3.78. The fraction of sp³-hybridized carbons (Fsp3) is 0.500. The summed E-state index contributed by atoms with van der Waals surface area (Å²) in [6, 6.07) is 8.04. The first kappa shape index (κ1) is 15.6. The molecule has 21 heavy (non-hydrogen) atoms. The highest BCUT2D eigenvalue weighted by molar-refractivity contribution is 5.37. The van der Waals surface area contributed by atoms with E-state index in [1.807, 2.05) is 31.2 Å². The molecule has 0 amide bonds. The molecule has 0 spiro atoms. The van der Waals surface area contributed by atoms with Gasteiger partial charge in [0, 0.05) is 16.7 Å². The standard InChI is InChI=1S/C18H26N2O/c1-6-7-11-15-16(18(3,4)5)19-20(17(15)21)14-10-8-9-13(2)12-14/h8-10,12,19H,6-7,11H2,1-5H3. The average molecular weight is 286 g/mol. The Bertz CT molecular complexity index is 671. The Balaban J connectivity index is 2.58. The third-order valence-electron chi connectivity index (χ3n) is 3.78. The van der Waals surface area contributed by atoms with Crippen molar-refractivity contribution in [3.05, 3.63) is 51.4 Å². The SMILES string of the molecule is CCCCc1c(C(C)(C)C)[nH]n(-c2cccc(C)c2)c1=O. The second-order valence-corrected chi connectivity index (χ2v) is 6.80. The maximum absolute atomic E-state index is 12.8. The molecule has 0 aliphatic heterocycles. The van der Waals surface area contributed by atoms with Crippen LogP contribution in [0.15, 0.2) is 29.1 Å². The lowest BCUT2D eigenvalue weighted by molar-refractivity contribution is 0.552. The van der Waals surface area contributed by atoms with E-state index in [-0.39, 0.29) is 11.0 Å². The Kier molecular flexibility index (Phi) is 4.40. The molecule has 0 aliphatic rings. The van der Waals surface area contributed by atoms with Gasteiger partial charge in [0.2, 0.25) is 0 Å². The van der Waals surface area contributed by atoms with Crippen molar-refractivity contribution in [3.8, 4) is 5.69 Å². The summed E-state index contributed by atoms with van der Waals surface area (Å²) in [5.74, 6) is 0. The molecule has 2 rings (SSSR count). The van der Waals surface area contributed by atoms with Crippen LogP contribution in [-0.2, 0) is 11.8 Å². The van der Waals surface area contributed by atoms with E-state index in [2.05, 4.69) is 32.8 Å². The number of rotatable bonds is 4. The summed E-state index contributed by atoms with van der Waals surface area (Å²) in [6.45, 7) is 10.6. The predicted octanol–water partition coefficient (Wildman–Crippen LogP) is 4.11. The Morgan fingerprint density at radius 1 is 1.24 bits per heavy atom. The van der Waals surface area contributed by atoms with Gasteiger partial charge in [-0.2, -0.15) is 0 Å². The Morgan fingerprint density at radius 2 is 1.95 bits per heavy atom. The summed E-state index contributed by atoms with van der Waals surface area (Å²) < 4.78 is 1.69. The molecule has 0 radical (unpaired) electrons. The molecule has 1 N–H and O–H groups in total. The van der Waals surface area contributed by atoms with Crippen LogP contribution in [0.3, 0.4) is 0 Å². The number of aromatic amines is 1. The van der Waals surface area contributed by atoms with E-state index < -0.39 is 0 Å². The monoisotopic (exact) mass is 286 g/mol. The smallest absolute Gasteiger partial charge is 0.274 e. The van der Waals surface area contributed by atoms with Gasteiger partial charge in [0.25, 0.3) is 5.56 Å². The van der Waals surface area contributed by atoms with Crippen molar-refractivity contribution < 1.29 is 0 Å². The topological polar surface area (TPSA) is 37.8 Å².